The van der Waals surface area contributed by atoms with Gasteiger partial charge in [0.05, 0.1) is 106 Å². The molecule has 4 fully saturated rings. The highest BCUT2D eigenvalue weighted by atomic mass is 16.5. The lowest BCUT2D eigenvalue weighted by atomic mass is 9.84. The molecule has 12 aromatic rings. The minimum atomic E-state index is 0.260. The van der Waals surface area contributed by atoms with E-state index in [4.69, 9.17) is 56.8 Å². The van der Waals surface area contributed by atoms with E-state index in [9.17, 15) is 0 Å². The molecule has 12 aromatic carbocycles. The van der Waals surface area contributed by atoms with Gasteiger partial charge in [-0.15, -0.1) is 0 Å². The summed E-state index contributed by atoms with van der Waals surface area (Å²) in [5, 5.41) is 15.1. The molecule has 0 amide bonds. The van der Waals surface area contributed by atoms with E-state index in [0.29, 0.717) is 26.4 Å². The van der Waals surface area contributed by atoms with Gasteiger partial charge in [-0.05, 0) is 234 Å². The molecular weight excluding hydrogens is 1490 g/mol. The Morgan fingerprint density at radius 3 is 0.683 bits per heavy atom. The molecule has 4 saturated heterocycles. The normalized spacial score (nSPS) is 15.7. The van der Waals surface area contributed by atoms with Gasteiger partial charge in [-0.2, -0.15) is 0 Å². The molecule has 120 heavy (non-hydrogen) atoms. The Hall–Kier alpha value is -8.28. The minimum absolute atomic E-state index is 0.260. The Morgan fingerprint density at radius 2 is 0.442 bits per heavy atom. The van der Waals surface area contributed by atoms with E-state index in [0.717, 1.165) is 235 Å². The van der Waals surface area contributed by atoms with Crippen LogP contribution in [0.1, 0.15) is 153 Å². The average molecular weight is 1620 g/mol. The van der Waals surface area contributed by atoms with Crippen LogP contribution in [0.2, 0.25) is 0 Å². The van der Waals surface area contributed by atoms with Crippen LogP contribution < -0.4 is 0 Å². The smallest absolute Gasteiger partial charge is 0.0722 e. The number of hydrogen-bond donors (Lipinski definition) is 0. The summed E-state index contributed by atoms with van der Waals surface area (Å²) in [6, 6.07) is 80.5. The third-order valence-electron chi connectivity index (χ3n) is 26.2. The molecule has 0 bridgehead atoms. The maximum atomic E-state index is 6.28. The van der Waals surface area contributed by atoms with Gasteiger partial charge in [0.2, 0.25) is 0 Å². The summed E-state index contributed by atoms with van der Waals surface area (Å²) in [5.41, 5.74) is 15.9. The van der Waals surface area contributed by atoms with Crippen LogP contribution >= 0.6 is 0 Å². The zero-order chi connectivity index (χ0) is 82.1. The van der Waals surface area contributed by atoms with E-state index >= 15 is 0 Å². The summed E-state index contributed by atoms with van der Waals surface area (Å²) in [7, 11) is 0. The fourth-order valence-corrected chi connectivity index (χ4v) is 17.8. The van der Waals surface area contributed by atoms with Crippen LogP contribution in [0.25, 0.3) is 109 Å². The molecule has 0 atom stereocenters. The maximum Gasteiger partial charge on any atom is 0.0722 e. The van der Waals surface area contributed by atoms with Crippen LogP contribution in [0, 0.1) is 21.7 Å². The number of benzene rings is 12. The Morgan fingerprint density at radius 1 is 0.217 bits per heavy atom. The molecule has 12 nitrogen and oxygen atoms in total. The Balaban J connectivity index is 0.000000187. The third-order valence-corrected chi connectivity index (χ3v) is 26.2. The monoisotopic (exact) mass is 1620 g/mol. The molecule has 0 aliphatic carbocycles. The van der Waals surface area contributed by atoms with Gasteiger partial charge >= 0.3 is 0 Å². The van der Waals surface area contributed by atoms with Crippen molar-refractivity contribution in [2.45, 2.75) is 157 Å². The van der Waals surface area contributed by atoms with Crippen LogP contribution in [0.5, 0.6) is 0 Å². The summed E-state index contributed by atoms with van der Waals surface area (Å²) in [6.45, 7) is 27.7. The Kier molecular flexibility index (Phi) is 31.2. The molecule has 0 aromatic heterocycles. The molecule has 4 aliphatic heterocycles. The van der Waals surface area contributed by atoms with Crippen LogP contribution in [0.3, 0.4) is 0 Å². The standard InChI is InChI=1S/2C54H64O6/c2*1-3-53(37-59-38-53)35-57-31-15-5-13-29-55-33-41-23-25-42(26-24-41)51-46-19-9-11-21-48(46)52(49-22-12-10-20-47(49)51)50-28-27-43(44-17-7-8-18-45(44)50)34-56-30-14-6-16-32-58-36-54(4-2)39-60-40-54/h2*7-12,17-28H,3-6,13-16,29-40H2,1-2H3. The van der Waals surface area contributed by atoms with Crippen molar-refractivity contribution >= 4 is 64.6 Å². The summed E-state index contributed by atoms with van der Waals surface area (Å²) >= 11 is 0. The van der Waals surface area contributed by atoms with Crippen molar-refractivity contribution in [3.05, 3.63) is 241 Å². The summed E-state index contributed by atoms with van der Waals surface area (Å²) in [4.78, 5) is 0. The predicted octanol–water partition coefficient (Wildman–Crippen LogP) is 25.5. The maximum absolute atomic E-state index is 6.28. The Labute approximate surface area is 713 Å². The second-order valence-corrected chi connectivity index (χ2v) is 34.8. The van der Waals surface area contributed by atoms with Crippen LogP contribution in [-0.2, 0) is 83.3 Å². The van der Waals surface area contributed by atoms with Gasteiger partial charge < -0.3 is 56.8 Å². The van der Waals surface area contributed by atoms with Gasteiger partial charge in [0.15, 0.2) is 0 Å². The van der Waals surface area contributed by atoms with E-state index in [2.05, 4.69) is 246 Å². The first-order valence-electron chi connectivity index (χ1n) is 45.3. The molecule has 16 rings (SSSR count). The van der Waals surface area contributed by atoms with Gasteiger partial charge in [-0.25, -0.2) is 0 Å². The quantitative estimate of drug-likeness (QED) is 0.0267. The van der Waals surface area contributed by atoms with E-state index in [-0.39, 0.29) is 21.7 Å². The fraction of sp³-hybridized carbons (Fsp3) is 0.444. The molecule has 632 valence electrons. The Bertz CT molecular complexity index is 4770. The zero-order valence-electron chi connectivity index (χ0n) is 72.0. The van der Waals surface area contributed by atoms with Gasteiger partial charge in [0.25, 0.3) is 0 Å². The highest BCUT2D eigenvalue weighted by Crippen LogP contribution is 2.49. The predicted molar refractivity (Wildman–Crippen MR) is 491 cm³/mol. The van der Waals surface area contributed by atoms with Crippen molar-refractivity contribution in [3.63, 3.8) is 0 Å². The fourth-order valence-electron chi connectivity index (χ4n) is 17.8. The van der Waals surface area contributed by atoms with Crippen molar-refractivity contribution in [3.8, 4) is 44.5 Å². The lowest BCUT2D eigenvalue weighted by molar-refractivity contribution is -0.150. The summed E-state index contributed by atoms with van der Waals surface area (Å²) in [5.74, 6) is 0. The van der Waals surface area contributed by atoms with E-state index in [1.54, 1.807) is 0 Å². The second kappa shape index (κ2) is 43.2. The first kappa shape index (κ1) is 86.7. The molecule has 4 heterocycles. The molecular formula is C108H128O12. The number of ether oxygens (including phenoxy) is 12. The molecule has 0 spiro atoms. The van der Waals surface area contributed by atoms with Crippen molar-refractivity contribution < 1.29 is 56.8 Å². The zero-order valence-corrected chi connectivity index (χ0v) is 72.0. The van der Waals surface area contributed by atoms with Crippen molar-refractivity contribution in [1.82, 2.24) is 0 Å². The number of fused-ring (bicyclic) bond motifs is 6. The van der Waals surface area contributed by atoms with Gasteiger partial charge in [-0.3, -0.25) is 0 Å². The highest BCUT2D eigenvalue weighted by Gasteiger charge is 2.40. The number of rotatable bonds is 48. The van der Waals surface area contributed by atoms with E-state index in [1.165, 1.54) is 131 Å². The molecule has 0 N–H and O–H groups in total. The lowest BCUT2D eigenvalue weighted by Gasteiger charge is -2.40. The first-order valence-corrected chi connectivity index (χ1v) is 45.3. The van der Waals surface area contributed by atoms with E-state index in [1.807, 2.05) is 0 Å². The lowest BCUT2D eigenvalue weighted by Crippen LogP contribution is -2.45. The van der Waals surface area contributed by atoms with Crippen LogP contribution in [-0.4, -0.2) is 132 Å². The third kappa shape index (κ3) is 21.1. The average Bonchev–Trinajstić information content (AvgIpc) is 0.731. The molecule has 0 saturated carbocycles. The SMILES string of the molecule is CCC1(COCCCCCOCc2ccc(-c3c4ccccc4c(-c4ccc(COCCCCCOCC5(CC)COC5)c5ccccc45)c4ccccc34)cc2)COC1.CCC1(COCCCCCOCc2ccc(-c3c4ccccc4c(-c4ccc(COCCCCCOCC5(CC)COC5)c5ccccc45)c4ccccc34)cc2)COC1. The van der Waals surface area contributed by atoms with Gasteiger partial charge in [-0.1, -0.05) is 246 Å². The van der Waals surface area contributed by atoms with E-state index < -0.39 is 0 Å². The molecule has 12 heteroatoms. The van der Waals surface area contributed by atoms with Crippen molar-refractivity contribution in [1.29, 1.82) is 0 Å². The topological polar surface area (TPSA) is 111 Å². The molecule has 0 radical (unpaired) electrons. The number of unbranched alkanes of at least 4 members (excludes halogenated alkanes) is 8. The van der Waals surface area contributed by atoms with Crippen molar-refractivity contribution in [2.24, 2.45) is 21.7 Å². The van der Waals surface area contributed by atoms with Crippen molar-refractivity contribution in [2.75, 3.05) is 132 Å². The van der Waals surface area contributed by atoms with Crippen LogP contribution in [0.15, 0.2) is 218 Å². The molecule has 4 aliphatic rings. The van der Waals surface area contributed by atoms with Gasteiger partial charge in [0, 0.05) is 74.5 Å². The first-order chi connectivity index (χ1) is 59.2. The molecule has 0 unspecified atom stereocenters. The summed E-state index contributed by atoms with van der Waals surface area (Å²) in [6.07, 6.45) is 17.4. The largest absolute Gasteiger partial charge is 0.381 e. The number of hydrogen-bond acceptors (Lipinski definition) is 12. The van der Waals surface area contributed by atoms with Gasteiger partial charge in [0.1, 0.15) is 0 Å². The minimum Gasteiger partial charge on any atom is -0.381 e. The highest BCUT2D eigenvalue weighted by molar-refractivity contribution is 6.25. The van der Waals surface area contributed by atoms with Crippen LogP contribution in [0.4, 0.5) is 0 Å². The second-order valence-electron chi connectivity index (χ2n) is 34.8. The summed E-state index contributed by atoms with van der Waals surface area (Å²) < 4.78 is 70.4.